The third kappa shape index (κ3) is 6.08. The number of ether oxygens (including phenoxy) is 1. The molecule has 1 heterocycles. The molecule has 0 radical (unpaired) electrons. The molecule has 2 N–H and O–H groups in total. The summed E-state index contributed by atoms with van der Waals surface area (Å²) in [5, 5.41) is 6.66. The number of carbonyl (C=O) groups excluding carboxylic acids is 1. The van der Waals surface area contributed by atoms with Gasteiger partial charge in [-0.1, -0.05) is 23.4 Å². The van der Waals surface area contributed by atoms with E-state index in [9.17, 15) is 13.2 Å². The lowest BCUT2D eigenvalue weighted by molar-refractivity contribution is -0.115. The quantitative estimate of drug-likeness (QED) is 0.568. The Morgan fingerprint density at radius 2 is 1.80 bits per heavy atom. The molecule has 1 amide bonds. The predicted octanol–water partition coefficient (Wildman–Crippen LogP) is 3.42. The largest absolute Gasteiger partial charge is 0.489 e. The van der Waals surface area contributed by atoms with E-state index in [0.717, 1.165) is 28.8 Å². The highest BCUT2D eigenvalue weighted by molar-refractivity contribution is 7.92. The summed E-state index contributed by atoms with van der Waals surface area (Å²) in [5.74, 6) is 1.20. The second kappa shape index (κ2) is 9.00. The van der Waals surface area contributed by atoms with Gasteiger partial charge < -0.3 is 14.6 Å². The van der Waals surface area contributed by atoms with Gasteiger partial charge in [0.15, 0.2) is 0 Å². The molecular formula is C21H23N3O5S. The number of hydrogen-bond acceptors (Lipinski definition) is 6. The van der Waals surface area contributed by atoms with Gasteiger partial charge in [-0.3, -0.25) is 9.52 Å². The predicted molar refractivity (Wildman–Crippen MR) is 114 cm³/mol. The molecule has 9 heteroatoms. The molecule has 0 aliphatic rings. The fourth-order valence-corrected chi connectivity index (χ4v) is 3.39. The molecule has 0 bridgehead atoms. The SMILES string of the molecule is Cc1noc(C)c1COc1ccc(CC(=O)Nc2cccc(NS(C)(=O)=O)c2)cc1. The van der Waals surface area contributed by atoms with Crippen LogP contribution in [0.4, 0.5) is 11.4 Å². The van der Waals surface area contributed by atoms with E-state index in [0.29, 0.717) is 23.7 Å². The highest BCUT2D eigenvalue weighted by Gasteiger charge is 2.10. The van der Waals surface area contributed by atoms with Crippen molar-refractivity contribution < 1.29 is 22.5 Å². The minimum absolute atomic E-state index is 0.174. The van der Waals surface area contributed by atoms with Crippen LogP contribution in [0, 0.1) is 13.8 Å². The summed E-state index contributed by atoms with van der Waals surface area (Å²) < 4.78 is 35.9. The second-order valence-corrected chi connectivity index (χ2v) is 8.66. The molecule has 8 nitrogen and oxygen atoms in total. The van der Waals surface area contributed by atoms with Gasteiger partial charge in [-0.15, -0.1) is 0 Å². The number of amides is 1. The highest BCUT2D eigenvalue weighted by Crippen LogP contribution is 2.19. The van der Waals surface area contributed by atoms with Crippen LogP contribution < -0.4 is 14.8 Å². The summed E-state index contributed by atoms with van der Waals surface area (Å²) in [6, 6.07) is 13.8. The Kier molecular flexibility index (Phi) is 6.41. The fraction of sp³-hybridized carbons (Fsp3) is 0.238. The minimum Gasteiger partial charge on any atom is -0.489 e. The van der Waals surface area contributed by atoms with Gasteiger partial charge in [-0.25, -0.2) is 8.42 Å². The summed E-state index contributed by atoms with van der Waals surface area (Å²) in [7, 11) is -3.38. The first-order valence-electron chi connectivity index (χ1n) is 9.21. The van der Waals surface area contributed by atoms with Crippen LogP contribution in [0.5, 0.6) is 5.75 Å². The van der Waals surface area contributed by atoms with Crippen molar-refractivity contribution in [3.63, 3.8) is 0 Å². The number of nitrogens with zero attached hydrogens (tertiary/aromatic N) is 1. The van der Waals surface area contributed by atoms with Gasteiger partial charge in [-0.05, 0) is 49.7 Å². The Morgan fingerprint density at radius 3 is 2.43 bits per heavy atom. The lowest BCUT2D eigenvalue weighted by atomic mass is 10.1. The molecule has 158 valence electrons. The van der Waals surface area contributed by atoms with Crippen molar-refractivity contribution in [2.45, 2.75) is 26.9 Å². The molecule has 1 aromatic heterocycles. The van der Waals surface area contributed by atoms with Crippen LogP contribution >= 0.6 is 0 Å². The Labute approximate surface area is 175 Å². The molecule has 30 heavy (non-hydrogen) atoms. The first kappa shape index (κ1) is 21.4. The van der Waals surface area contributed by atoms with E-state index in [1.54, 1.807) is 36.4 Å². The molecule has 0 atom stereocenters. The van der Waals surface area contributed by atoms with Crippen LogP contribution in [-0.2, 0) is 27.8 Å². The monoisotopic (exact) mass is 429 g/mol. The van der Waals surface area contributed by atoms with E-state index in [-0.39, 0.29) is 12.3 Å². The van der Waals surface area contributed by atoms with Crippen molar-refractivity contribution in [1.29, 1.82) is 0 Å². The van der Waals surface area contributed by atoms with E-state index in [2.05, 4.69) is 15.2 Å². The van der Waals surface area contributed by atoms with Crippen molar-refractivity contribution in [2.24, 2.45) is 0 Å². The summed E-state index contributed by atoms with van der Waals surface area (Å²) >= 11 is 0. The molecule has 0 spiro atoms. The van der Waals surface area contributed by atoms with Gasteiger partial charge in [0, 0.05) is 5.69 Å². The van der Waals surface area contributed by atoms with Crippen LogP contribution in [0.15, 0.2) is 53.1 Å². The Balaban J connectivity index is 1.55. The number of rotatable bonds is 8. The fourth-order valence-electron chi connectivity index (χ4n) is 2.83. The normalized spacial score (nSPS) is 11.2. The third-order valence-corrected chi connectivity index (χ3v) is 4.91. The number of sulfonamides is 1. The van der Waals surface area contributed by atoms with Crippen LogP contribution in [0.25, 0.3) is 0 Å². The zero-order chi connectivity index (χ0) is 21.7. The number of nitrogens with one attached hydrogen (secondary N) is 2. The minimum atomic E-state index is -3.38. The molecular weight excluding hydrogens is 406 g/mol. The molecule has 0 aliphatic heterocycles. The van der Waals surface area contributed by atoms with Crippen molar-refractivity contribution in [3.8, 4) is 5.75 Å². The first-order chi connectivity index (χ1) is 14.2. The number of anilines is 2. The van der Waals surface area contributed by atoms with Gasteiger partial charge in [0.05, 0.1) is 29.6 Å². The molecule has 0 unspecified atom stereocenters. The molecule has 2 aromatic carbocycles. The van der Waals surface area contributed by atoms with Crippen LogP contribution in [0.3, 0.4) is 0 Å². The second-order valence-electron chi connectivity index (χ2n) is 6.92. The van der Waals surface area contributed by atoms with Gasteiger partial charge in [0.1, 0.15) is 18.1 Å². The third-order valence-electron chi connectivity index (χ3n) is 4.30. The number of aromatic nitrogens is 1. The lowest BCUT2D eigenvalue weighted by Crippen LogP contribution is -2.15. The van der Waals surface area contributed by atoms with Crippen molar-refractivity contribution in [3.05, 3.63) is 71.1 Å². The molecule has 0 saturated heterocycles. The van der Waals surface area contributed by atoms with Gasteiger partial charge in [0.25, 0.3) is 0 Å². The van der Waals surface area contributed by atoms with Gasteiger partial charge >= 0.3 is 0 Å². The van der Waals surface area contributed by atoms with Crippen molar-refractivity contribution in [2.75, 3.05) is 16.3 Å². The van der Waals surface area contributed by atoms with Crippen LogP contribution in [-0.4, -0.2) is 25.7 Å². The first-order valence-corrected chi connectivity index (χ1v) is 11.1. The smallest absolute Gasteiger partial charge is 0.229 e. The summed E-state index contributed by atoms with van der Waals surface area (Å²) in [5.41, 5.74) is 3.44. The van der Waals surface area contributed by atoms with Gasteiger partial charge in [0.2, 0.25) is 15.9 Å². The summed E-state index contributed by atoms with van der Waals surface area (Å²) in [6.07, 6.45) is 1.24. The number of hydrogen-bond donors (Lipinski definition) is 2. The van der Waals surface area contributed by atoms with E-state index in [1.165, 1.54) is 0 Å². The molecule has 3 aromatic rings. The lowest BCUT2D eigenvalue weighted by Gasteiger charge is -2.09. The maximum Gasteiger partial charge on any atom is 0.229 e. The zero-order valence-corrected chi connectivity index (χ0v) is 17.7. The summed E-state index contributed by atoms with van der Waals surface area (Å²) in [6.45, 7) is 4.07. The maximum absolute atomic E-state index is 12.3. The van der Waals surface area contributed by atoms with E-state index in [1.807, 2.05) is 26.0 Å². The van der Waals surface area contributed by atoms with E-state index in [4.69, 9.17) is 9.26 Å². The van der Waals surface area contributed by atoms with Crippen molar-refractivity contribution >= 4 is 27.3 Å². The van der Waals surface area contributed by atoms with Crippen molar-refractivity contribution in [1.82, 2.24) is 5.16 Å². The van der Waals surface area contributed by atoms with E-state index >= 15 is 0 Å². The number of aryl methyl sites for hydroxylation is 2. The van der Waals surface area contributed by atoms with Gasteiger partial charge in [-0.2, -0.15) is 0 Å². The maximum atomic E-state index is 12.3. The molecule has 3 rings (SSSR count). The van der Waals surface area contributed by atoms with Crippen LogP contribution in [0.1, 0.15) is 22.6 Å². The molecule has 0 saturated carbocycles. The Hall–Kier alpha value is -3.33. The molecule has 0 aliphatic carbocycles. The Morgan fingerprint density at radius 1 is 1.10 bits per heavy atom. The average molecular weight is 429 g/mol. The number of carbonyl (C=O) groups is 1. The standard InChI is InChI=1S/C21H23N3O5S/c1-14-20(15(2)29-23-14)13-28-19-9-7-16(8-10-19)11-21(25)22-17-5-4-6-18(12-17)24-30(3,26)27/h4-10,12,24H,11,13H2,1-3H3,(H,22,25). The number of benzene rings is 2. The topological polar surface area (TPSA) is 111 Å². The average Bonchev–Trinajstić information content (AvgIpc) is 2.98. The zero-order valence-electron chi connectivity index (χ0n) is 16.9. The summed E-state index contributed by atoms with van der Waals surface area (Å²) in [4.78, 5) is 12.3. The van der Waals surface area contributed by atoms with E-state index < -0.39 is 10.0 Å². The highest BCUT2D eigenvalue weighted by atomic mass is 32.2. The molecule has 0 fully saturated rings. The van der Waals surface area contributed by atoms with Crippen LogP contribution in [0.2, 0.25) is 0 Å². The Bertz CT molecular complexity index is 1120.